The Morgan fingerprint density at radius 2 is 2.17 bits per heavy atom. The van der Waals surface area contributed by atoms with E-state index in [9.17, 15) is 0 Å². The Morgan fingerprint density at radius 3 is 2.92 bits per heavy atom. The van der Waals surface area contributed by atoms with Gasteiger partial charge in [-0.1, -0.05) is 15.9 Å². The van der Waals surface area contributed by atoms with Crippen molar-refractivity contribution in [1.29, 1.82) is 0 Å². The molecule has 0 amide bonds. The first-order valence-corrected chi connectivity index (χ1v) is 6.43. The molecule has 0 nitrogen and oxygen atoms in total. The van der Waals surface area contributed by atoms with E-state index in [0.717, 1.165) is 9.37 Å². The second-order valence-corrected chi connectivity index (χ2v) is 5.87. The van der Waals surface area contributed by atoms with Gasteiger partial charge in [0.25, 0.3) is 0 Å². The lowest BCUT2D eigenvalue weighted by molar-refractivity contribution is 1.62. The van der Waals surface area contributed by atoms with E-state index in [1.165, 1.54) is 13.7 Å². The molecule has 0 fully saturated rings. The summed E-state index contributed by atoms with van der Waals surface area (Å²) >= 11 is 12.0. The Labute approximate surface area is 102 Å². The van der Waals surface area contributed by atoms with Gasteiger partial charge in [-0.25, -0.2) is 0 Å². The zero-order valence-electron chi connectivity index (χ0n) is 5.84. The smallest absolute Gasteiger partial charge is 0.0376 e. The molecule has 0 N–H and O–H groups in total. The maximum absolute atomic E-state index is 4.38. The minimum atomic E-state index is 1.05. The van der Waals surface area contributed by atoms with Crippen LogP contribution in [0.15, 0.2) is 26.9 Å². The average Bonchev–Trinajstić information content (AvgIpc) is 2.31. The van der Waals surface area contributed by atoms with Crippen LogP contribution in [0, 0.1) is 3.57 Å². The molecule has 0 atom stereocenters. The number of rotatable bonds is 0. The quantitative estimate of drug-likeness (QED) is 0.510. The van der Waals surface area contributed by atoms with Crippen molar-refractivity contribution in [3.63, 3.8) is 0 Å². The Morgan fingerprint density at radius 1 is 1.42 bits per heavy atom. The first kappa shape index (κ1) is 9.30. The fourth-order valence-electron chi connectivity index (χ4n) is 1.07. The van der Waals surface area contributed by atoms with E-state index in [1.54, 1.807) is 11.3 Å². The number of hydrogen-bond donors (Lipinski definition) is 1. The molecule has 12 heavy (non-hydrogen) atoms. The number of thiol groups is 1. The van der Waals surface area contributed by atoms with Crippen molar-refractivity contribution in [2.75, 3.05) is 0 Å². The Balaban J connectivity index is 2.93. The summed E-state index contributed by atoms with van der Waals surface area (Å²) in [7, 11) is 0. The third-order valence-electron chi connectivity index (χ3n) is 1.57. The highest BCUT2D eigenvalue weighted by atomic mass is 127. The molecule has 0 aliphatic heterocycles. The number of hydrogen-bond acceptors (Lipinski definition) is 2. The molecule has 1 aromatic carbocycles. The van der Waals surface area contributed by atoms with Crippen LogP contribution >= 0.6 is 62.5 Å². The third kappa shape index (κ3) is 1.54. The lowest BCUT2D eigenvalue weighted by Crippen LogP contribution is -1.72. The fraction of sp³-hybridized carbons (Fsp3) is 0. The predicted octanol–water partition coefficient (Wildman–Crippen LogP) is 4.56. The second-order valence-electron chi connectivity index (χ2n) is 2.38. The van der Waals surface area contributed by atoms with Crippen molar-refractivity contribution < 1.29 is 0 Å². The maximum Gasteiger partial charge on any atom is 0.0376 e. The third-order valence-corrected chi connectivity index (χ3v) is 4.28. The average molecular weight is 371 g/mol. The SMILES string of the molecule is Sc1csc2cc(I)cc(Br)c12. The van der Waals surface area contributed by atoms with Crippen molar-refractivity contribution in [2.24, 2.45) is 0 Å². The van der Waals surface area contributed by atoms with E-state index < -0.39 is 0 Å². The van der Waals surface area contributed by atoms with E-state index >= 15 is 0 Å². The van der Waals surface area contributed by atoms with Crippen LogP contribution in [0.2, 0.25) is 0 Å². The van der Waals surface area contributed by atoms with E-state index in [1.807, 2.05) is 0 Å². The molecule has 0 bridgehead atoms. The molecule has 1 aromatic heterocycles. The predicted molar refractivity (Wildman–Crippen MR) is 69.5 cm³/mol. The van der Waals surface area contributed by atoms with Crippen LogP contribution in [0.3, 0.4) is 0 Å². The van der Waals surface area contributed by atoms with Crippen LogP contribution in [0.5, 0.6) is 0 Å². The molecule has 0 spiro atoms. The highest BCUT2D eigenvalue weighted by Crippen LogP contribution is 2.35. The summed E-state index contributed by atoms with van der Waals surface area (Å²) in [6.45, 7) is 0. The fourth-order valence-corrected chi connectivity index (χ4v) is 4.65. The van der Waals surface area contributed by atoms with Gasteiger partial charge in [0.05, 0.1) is 0 Å². The molecular formula is C8H4BrIS2. The minimum Gasteiger partial charge on any atom is -0.143 e. The lowest BCUT2D eigenvalue weighted by Gasteiger charge is -1.96. The van der Waals surface area contributed by atoms with Gasteiger partial charge in [0.15, 0.2) is 0 Å². The van der Waals surface area contributed by atoms with Crippen LogP contribution in [0.25, 0.3) is 10.1 Å². The Bertz CT molecular complexity index is 436. The highest BCUT2D eigenvalue weighted by molar-refractivity contribution is 14.1. The van der Waals surface area contributed by atoms with Gasteiger partial charge in [-0.2, -0.15) is 0 Å². The summed E-state index contributed by atoms with van der Waals surface area (Å²) in [5.41, 5.74) is 0. The van der Waals surface area contributed by atoms with E-state index in [0.29, 0.717) is 0 Å². The topological polar surface area (TPSA) is 0 Å². The zero-order chi connectivity index (χ0) is 8.72. The van der Waals surface area contributed by atoms with Crippen molar-refractivity contribution in [1.82, 2.24) is 0 Å². The molecule has 0 aliphatic rings. The number of benzene rings is 1. The van der Waals surface area contributed by atoms with Gasteiger partial charge in [-0.05, 0) is 34.7 Å². The van der Waals surface area contributed by atoms with Crippen LogP contribution < -0.4 is 0 Å². The number of thiophene rings is 1. The molecule has 1 heterocycles. The Kier molecular flexibility index (Phi) is 2.69. The maximum atomic E-state index is 4.38. The number of fused-ring (bicyclic) bond motifs is 1. The molecular weight excluding hydrogens is 367 g/mol. The standard InChI is InChI=1S/C8H4BrIS2/c9-5-1-4(10)2-7-8(5)6(11)3-12-7/h1-3,11H. The molecule has 0 aliphatic carbocycles. The first-order chi connectivity index (χ1) is 5.68. The summed E-state index contributed by atoms with van der Waals surface area (Å²) in [6.07, 6.45) is 0. The van der Waals surface area contributed by atoms with E-state index in [-0.39, 0.29) is 0 Å². The highest BCUT2D eigenvalue weighted by Gasteiger charge is 2.05. The van der Waals surface area contributed by atoms with Gasteiger partial charge in [-0.15, -0.1) is 24.0 Å². The van der Waals surface area contributed by atoms with E-state index in [2.05, 4.69) is 68.7 Å². The molecule has 0 radical (unpaired) electrons. The summed E-state index contributed by atoms with van der Waals surface area (Å²) in [4.78, 5) is 1.05. The molecule has 0 saturated carbocycles. The van der Waals surface area contributed by atoms with Crippen LogP contribution in [0.1, 0.15) is 0 Å². The summed E-state index contributed by atoms with van der Waals surface area (Å²) in [5.74, 6) is 0. The van der Waals surface area contributed by atoms with Crippen LogP contribution in [-0.2, 0) is 0 Å². The molecule has 0 saturated heterocycles. The summed E-state index contributed by atoms with van der Waals surface area (Å²) in [5, 5.41) is 3.29. The normalized spacial score (nSPS) is 10.9. The van der Waals surface area contributed by atoms with E-state index in [4.69, 9.17) is 0 Å². The van der Waals surface area contributed by atoms with Crippen molar-refractivity contribution in [2.45, 2.75) is 4.90 Å². The van der Waals surface area contributed by atoms with Gasteiger partial charge in [0.2, 0.25) is 0 Å². The van der Waals surface area contributed by atoms with Gasteiger partial charge in [0.1, 0.15) is 0 Å². The van der Waals surface area contributed by atoms with Crippen molar-refractivity contribution in [3.8, 4) is 0 Å². The van der Waals surface area contributed by atoms with Crippen LogP contribution in [-0.4, -0.2) is 0 Å². The first-order valence-electron chi connectivity index (χ1n) is 3.23. The van der Waals surface area contributed by atoms with Gasteiger partial charge in [0, 0.05) is 28.4 Å². The second kappa shape index (κ2) is 3.48. The summed E-state index contributed by atoms with van der Waals surface area (Å²) < 4.78 is 3.68. The largest absolute Gasteiger partial charge is 0.143 e. The van der Waals surface area contributed by atoms with Crippen molar-refractivity contribution >= 4 is 72.6 Å². The molecule has 0 unspecified atom stereocenters. The van der Waals surface area contributed by atoms with Crippen LogP contribution in [0.4, 0.5) is 0 Å². The zero-order valence-corrected chi connectivity index (χ0v) is 11.3. The summed E-state index contributed by atoms with van der Waals surface area (Å²) in [6, 6.07) is 4.28. The molecule has 2 rings (SSSR count). The lowest BCUT2D eigenvalue weighted by atomic mass is 10.3. The molecule has 62 valence electrons. The van der Waals surface area contributed by atoms with Gasteiger partial charge < -0.3 is 0 Å². The van der Waals surface area contributed by atoms with Gasteiger partial charge >= 0.3 is 0 Å². The number of halogens is 2. The van der Waals surface area contributed by atoms with Gasteiger partial charge in [-0.3, -0.25) is 0 Å². The monoisotopic (exact) mass is 370 g/mol. The Hall–Kier alpha value is 0.740. The molecule has 4 heteroatoms. The van der Waals surface area contributed by atoms with Crippen molar-refractivity contribution in [3.05, 3.63) is 25.6 Å². The minimum absolute atomic E-state index is 1.05. The molecule has 2 aromatic rings.